The first-order chi connectivity index (χ1) is 11.6. The summed E-state index contributed by atoms with van der Waals surface area (Å²) in [4.78, 5) is 9.24. The second-order valence-electron chi connectivity index (χ2n) is 5.68. The van der Waals surface area contributed by atoms with Crippen LogP contribution in [0.2, 0.25) is 0 Å². The quantitative estimate of drug-likeness (QED) is 0.472. The molecule has 24 heavy (non-hydrogen) atoms. The lowest BCUT2D eigenvalue weighted by molar-refractivity contribution is 0.922. The highest BCUT2D eigenvalue weighted by atomic mass is 79.9. The molecule has 1 aromatic carbocycles. The third kappa shape index (κ3) is 3.84. The van der Waals surface area contributed by atoms with Gasteiger partial charge in [-0.3, -0.25) is 4.98 Å². The molecular formula is C21H25BrN2. The number of benzene rings is 1. The maximum atomic E-state index is 4.67. The number of hydrogen-bond donors (Lipinski definition) is 0. The van der Waals surface area contributed by atoms with Gasteiger partial charge in [-0.05, 0) is 59.5 Å². The largest absolute Gasteiger partial charge is 0.256 e. The van der Waals surface area contributed by atoms with Gasteiger partial charge >= 0.3 is 0 Å². The van der Waals surface area contributed by atoms with Crippen LogP contribution < -0.4 is 0 Å². The Bertz CT molecular complexity index is 841. The molecule has 3 rings (SSSR count). The summed E-state index contributed by atoms with van der Waals surface area (Å²) in [5.41, 5.74) is 5.75. The standard InChI is InChI=1S/C19H19BrN2.C2H6/c1-4-6-14-7-5-8-15(9-14)18-10-16-17(11-21-18)12(2)13(3)22-19(16)20;1-2/h5,7-11H,4,6H2,1-3H3;1-2H3. The van der Waals surface area contributed by atoms with Gasteiger partial charge in [0.05, 0.1) is 5.69 Å². The molecule has 0 spiro atoms. The molecule has 0 aliphatic carbocycles. The maximum Gasteiger partial charge on any atom is 0.114 e. The van der Waals surface area contributed by atoms with Crippen LogP contribution in [-0.4, -0.2) is 9.97 Å². The molecule has 3 aromatic rings. The Kier molecular flexibility index (Phi) is 6.50. The second kappa shape index (κ2) is 8.39. The molecule has 0 fully saturated rings. The third-order valence-corrected chi connectivity index (χ3v) is 4.70. The molecule has 0 amide bonds. The minimum Gasteiger partial charge on any atom is -0.256 e. The minimum absolute atomic E-state index is 0.888. The van der Waals surface area contributed by atoms with Crippen molar-refractivity contribution in [3.63, 3.8) is 0 Å². The smallest absolute Gasteiger partial charge is 0.114 e. The van der Waals surface area contributed by atoms with Crippen molar-refractivity contribution in [3.8, 4) is 11.3 Å². The van der Waals surface area contributed by atoms with Gasteiger partial charge < -0.3 is 0 Å². The topological polar surface area (TPSA) is 25.8 Å². The van der Waals surface area contributed by atoms with Crippen LogP contribution in [0.5, 0.6) is 0 Å². The Balaban J connectivity index is 0.00000100. The summed E-state index contributed by atoms with van der Waals surface area (Å²) in [5, 5.41) is 2.28. The van der Waals surface area contributed by atoms with Crippen molar-refractivity contribution in [2.75, 3.05) is 0 Å². The van der Waals surface area contributed by atoms with Crippen LogP contribution >= 0.6 is 15.9 Å². The Morgan fingerprint density at radius 2 is 1.79 bits per heavy atom. The fourth-order valence-corrected chi connectivity index (χ4v) is 3.34. The molecule has 2 aromatic heterocycles. The van der Waals surface area contributed by atoms with Crippen LogP contribution in [-0.2, 0) is 6.42 Å². The second-order valence-corrected chi connectivity index (χ2v) is 6.43. The zero-order valence-electron chi connectivity index (χ0n) is 15.2. The van der Waals surface area contributed by atoms with Gasteiger partial charge in [0.25, 0.3) is 0 Å². The number of aromatic nitrogens is 2. The molecule has 0 aliphatic heterocycles. The first kappa shape index (κ1) is 18.6. The first-order valence-electron chi connectivity index (χ1n) is 8.62. The van der Waals surface area contributed by atoms with Gasteiger partial charge in [0.15, 0.2) is 0 Å². The zero-order chi connectivity index (χ0) is 17.7. The third-order valence-electron chi connectivity index (χ3n) is 4.10. The van der Waals surface area contributed by atoms with E-state index in [1.165, 1.54) is 11.1 Å². The molecule has 0 atom stereocenters. The normalized spacial score (nSPS) is 10.4. The number of nitrogens with zero attached hydrogens (tertiary/aromatic N) is 2. The highest BCUT2D eigenvalue weighted by molar-refractivity contribution is 9.10. The van der Waals surface area contributed by atoms with Gasteiger partial charge in [-0.15, -0.1) is 0 Å². The van der Waals surface area contributed by atoms with E-state index in [-0.39, 0.29) is 0 Å². The summed E-state index contributed by atoms with van der Waals surface area (Å²) in [6, 6.07) is 10.8. The molecule has 126 valence electrons. The molecule has 0 unspecified atom stereocenters. The van der Waals surface area contributed by atoms with Crippen molar-refractivity contribution in [3.05, 3.63) is 58.0 Å². The Morgan fingerprint density at radius 1 is 1.04 bits per heavy atom. The Hall–Kier alpha value is -1.74. The molecular weight excluding hydrogens is 360 g/mol. The number of aryl methyl sites for hydroxylation is 3. The van der Waals surface area contributed by atoms with Crippen molar-refractivity contribution in [1.82, 2.24) is 9.97 Å². The average Bonchev–Trinajstić information content (AvgIpc) is 2.62. The van der Waals surface area contributed by atoms with Crippen LogP contribution in [0.15, 0.2) is 41.1 Å². The van der Waals surface area contributed by atoms with E-state index in [2.05, 4.69) is 70.1 Å². The van der Waals surface area contributed by atoms with E-state index in [0.29, 0.717) is 0 Å². The maximum absolute atomic E-state index is 4.67. The first-order valence-corrected chi connectivity index (χ1v) is 9.41. The van der Waals surface area contributed by atoms with Crippen molar-refractivity contribution in [2.24, 2.45) is 0 Å². The summed E-state index contributed by atoms with van der Waals surface area (Å²) in [6.07, 6.45) is 4.22. The van der Waals surface area contributed by atoms with E-state index in [4.69, 9.17) is 0 Å². The molecule has 2 heterocycles. The summed E-state index contributed by atoms with van der Waals surface area (Å²) in [6.45, 7) is 10.3. The number of pyridine rings is 2. The fraction of sp³-hybridized carbons (Fsp3) is 0.333. The fourth-order valence-electron chi connectivity index (χ4n) is 2.74. The van der Waals surface area contributed by atoms with Crippen LogP contribution in [0.25, 0.3) is 22.0 Å². The van der Waals surface area contributed by atoms with Crippen LogP contribution in [0.1, 0.15) is 44.0 Å². The van der Waals surface area contributed by atoms with Gasteiger partial charge in [-0.1, -0.05) is 45.4 Å². The van der Waals surface area contributed by atoms with E-state index in [9.17, 15) is 0 Å². The monoisotopic (exact) mass is 384 g/mol. The molecule has 0 bridgehead atoms. The lowest BCUT2D eigenvalue weighted by Crippen LogP contribution is -1.94. The number of fused-ring (bicyclic) bond motifs is 1. The average molecular weight is 385 g/mol. The molecule has 0 aliphatic rings. The molecule has 0 saturated heterocycles. The van der Waals surface area contributed by atoms with Crippen LogP contribution in [0.4, 0.5) is 0 Å². The Labute approximate surface area is 153 Å². The Morgan fingerprint density at radius 3 is 2.50 bits per heavy atom. The van der Waals surface area contributed by atoms with Gasteiger partial charge in [0.2, 0.25) is 0 Å². The number of rotatable bonds is 3. The van der Waals surface area contributed by atoms with Crippen molar-refractivity contribution in [2.45, 2.75) is 47.5 Å². The SMILES string of the molecule is CC.CCCc1cccc(-c2cc3c(Br)nc(C)c(C)c3cn2)c1. The van der Waals surface area contributed by atoms with E-state index < -0.39 is 0 Å². The van der Waals surface area contributed by atoms with Gasteiger partial charge in [0.1, 0.15) is 4.60 Å². The minimum atomic E-state index is 0.888. The zero-order valence-corrected chi connectivity index (χ0v) is 16.7. The molecule has 2 nitrogen and oxygen atoms in total. The predicted octanol–water partition coefficient (Wildman–Crippen LogP) is 6.65. The highest BCUT2D eigenvalue weighted by Crippen LogP contribution is 2.30. The molecule has 3 heteroatoms. The number of hydrogen-bond acceptors (Lipinski definition) is 2. The summed E-state index contributed by atoms with van der Waals surface area (Å²) in [7, 11) is 0. The van der Waals surface area contributed by atoms with Gasteiger partial charge in [-0.2, -0.15) is 0 Å². The van der Waals surface area contributed by atoms with Crippen LogP contribution in [0.3, 0.4) is 0 Å². The van der Waals surface area contributed by atoms with Crippen molar-refractivity contribution >= 4 is 26.7 Å². The van der Waals surface area contributed by atoms with Crippen molar-refractivity contribution in [1.29, 1.82) is 0 Å². The molecule has 0 N–H and O–H groups in total. The van der Waals surface area contributed by atoms with Gasteiger partial charge in [0, 0.05) is 28.2 Å². The van der Waals surface area contributed by atoms with Crippen molar-refractivity contribution < 1.29 is 0 Å². The molecule has 0 saturated carbocycles. The summed E-state index contributed by atoms with van der Waals surface area (Å²) in [5.74, 6) is 0. The summed E-state index contributed by atoms with van der Waals surface area (Å²) < 4.78 is 0.888. The summed E-state index contributed by atoms with van der Waals surface area (Å²) >= 11 is 3.59. The van der Waals surface area contributed by atoms with E-state index in [1.54, 1.807) is 0 Å². The van der Waals surface area contributed by atoms with Crippen LogP contribution in [0, 0.1) is 13.8 Å². The molecule has 0 radical (unpaired) electrons. The van der Waals surface area contributed by atoms with E-state index >= 15 is 0 Å². The highest BCUT2D eigenvalue weighted by Gasteiger charge is 2.09. The lowest BCUT2D eigenvalue weighted by atomic mass is 10.0. The van der Waals surface area contributed by atoms with E-state index in [0.717, 1.165) is 45.2 Å². The van der Waals surface area contributed by atoms with Gasteiger partial charge in [-0.25, -0.2) is 4.98 Å². The number of halogens is 1. The van der Waals surface area contributed by atoms with E-state index in [1.807, 2.05) is 27.0 Å². The lowest BCUT2D eigenvalue weighted by Gasteiger charge is -2.10. The predicted molar refractivity (Wildman–Crippen MR) is 107 cm³/mol.